The minimum Gasteiger partial charge on any atom is -0.507 e. The molecule has 1 amide bonds. The van der Waals surface area contributed by atoms with Gasteiger partial charge in [-0.05, 0) is 60.4 Å². The van der Waals surface area contributed by atoms with Crippen LogP contribution in [0.25, 0.3) is 11.4 Å². The lowest BCUT2D eigenvalue weighted by atomic mass is 9.90. The van der Waals surface area contributed by atoms with Crippen LogP contribution in [0.15, 0.2) is 73.1 Å². The second-order valence-corrected chi connectivity index (χ2v) is 11.1. The molecule has 1 aromatic heterocycles. The van der Waals surface area contributed by atoms with E-state index in [2.05, 4.69) is 20.0 Å². The molecule has 4 aromatic rings. The van der Waals surface area contributed by atoms with E-state index in [4.69, 9.17) is 0 Å². The van der Waals surface area contributed by atoms with Gasteiger partial charge < -0.3 is 15.4 Å². The predicted molar refractivity (Wildman–Crippen MR) is 145 cm³/mol. The molecule has 0 aliphatic heterocycles. The molecule has 0 fully saturated rings. The van der Waals surface area contributed by atoms with Crippen molar-refractivity contribution >= 4 is 21.6 Å². The number of sulfonamides is 1. The SMILES string of the molecule is CS(=O)(=O)Nc1ccc(C(CCc2ccc(C(F)(F)F)cc2-c2ncc[nH]2)CNC(=O)c2ccccc2O)cc1F. The number of amides is 1. The highest BCUT2D eigenvalue weighted by Gasteiger charge is 2.31. The van der Waals surface area contributed by atoms with Crippen molar-refractivity contribution < 1.29 is 35.9 Å². The lowest BCUT2D eigenvalue weighted by molar-refractivity contribution is -0.137. The second-order valence-electron chi connectivity index (χ2n) is 9.38. The van der Waals surface area contributed by atoms with Crippen molar-refractivity contribution in [1.29, 1.82) is 0 Å². The van der Waals surface area contributed by atoms with Crippen LogP contribution in [-0.4, -0.2) is 42.2 Å². The number of anilines is 1. The molecule has 41 heavy (non-hydrogen) atoms. The molecule has 216 valence electrons. The summed E-state index contributed by atoms with van der Waals surface area (Å²) in [4.78, 5) is 19.7. The number of aromatic amines is 1. The summed E-state index contributed by atoms with van der Waals surface area (Å²) in [5.74, 6) is -1.93. The number of hydrogen-bond acceptors (Lipinski definition) is 5. The van der Waals surface area contributed by atoms with Gasteiger partial charge in [-0.25, -0.2) is 17.8 Å². The molecule has 0 saturated heterocycles. The molecular weight excluding hydrogens is 564 g/mol. The number of rotatable bonds is 10. The summed E-state index contributed by atoms with van der Waals surface area (Å²) < 4.78 is 80.4. The molecule has 0 bridgehead atoms. The van der Waals surface area contributed by atoms with Gasteiger partial charge >= 0.3 is 6.18 Å². The molecule has 0 aliphatic carbocycles. The first-order chi connectivity index (χ1) is 19.3. The summed E-state index contributed by atoms with van der Waals surface area (Å²) >= 11 is 0. The van der Waals surface area contributed by atoms with Gasteiger partial charge in [0.05, 0.1) is 23.1 Å². The highest BCUT2D eigenvalue weighted by atomic mass is 32.2. The lowest BCUT2D eigenvalue weighted by Crippen LogP contribution is -2.29. The van der Waals surface area contributed by atoms with Gasteiger partial charge in [-0.2, -0.15) is 13.2 Å². The van der Waals surface area contributed by atoms with Crippen LogP contribution in [0.4, 0.5) is 23.2 Å². The highest BCUT2D eigenvalue weighted by Crippen LogP contribution is 2.35. The van der Waals surface area contributed by atoms with Gasteiger partial charge in [0.25, 0.3) is 5.91 Å². The Morgan fingerprint density at radius 2 is 1.85 bits per heavy atom. The maximum absolute atomic E-state index is 14.9. The molecule has 1 atom stereocenters. The first kappa shape index (κ1) is 29.6. The number of carbonyl (C=O) groups excluding carboxylic acids is 1. The number of imidazole rings is 1. The van der Waals surface area contributed by atoms with E-state index in [1.54, 1.807) is 12.1 Å². The van der Waals surface area contributed by atoms with Crippen LogP contribution >= 0.6 is 0 Å². The van der Waals surface area contributed by atoms with Crippen LogP contribution in [-0.2, 0) is 22.6 Å². The minimum absolute atomic E-state index is 0.0117. The van der Waals surface area contributed by atoms with Gasteiger partial charge in [-0.15, -0.1) is 0 Å². The number of benzene rings is 3. The van der Waals surface area contributed by atoms with Gasteiger partial charge in [0.2, 0.25) is 10.0 Å². The zero-order valence-corrected chi connectivity index (χ0v) is 22.5. The third kappa shape index (κ3) is 7.63. The summed E-state index contributed by atoms with van der Waals surface area (Å²) in [6, 6.07) is 13.2. The molecule has 0 spiro atoms. The van der Waals surface area contributed by atoms with Crippen molar-refractivity contribution in [3.8, 4) is 17.1 Å². The molecule has 1 heterocycles. The van der Waals surface area contributed by atoms with Gasteiger partial charge in [0.1, 0.15) is 17.4 Å². The van der Waals surface area contributed by atoms with E-state index in [1.165, 1.54) is 42.7 Å². The number of H-pyrrole nitrogens is 1. The van der Waals surface area contributed by atoms with Gasteiger partial charge in [0.15, 0.2) is 0 Å². The zero-order valence-electron chi connectivity index (χ0n) is 21.7. The molecule has 13 heteroatoms. The van der Waals surface area contributed by atoms with Crippen LogP contribution < -0.4 is 10.0 Å². The third-order valence-electron chi connectivity index (χ3n) is 6.37. The number of aromatic hydroxyl groups is 1. The quantitative estimate of drug-likeness (QED) is 0.183. The molecule has 0 saturated carbocycles. The number of carbonyl (C=O) groups is 1. The maximum Gasteiger partial charge on any atom is 0.416 e. The Morgan fingerprint density at radius 1 is 1.10 bits per heavy atom. The van der Waals surface area contributed by atoms with Crippen molar-refractivity contribution in [2.75, 3.05) is 17.5 Å². The lowest BCUT2D eigenvalue weighted by Gasteiger charge is -2.20. The fourth-order valence-electron chi connectivity index (χ4n) is 4.36. The topological polar surface area (TPSA) is 124 Å². The number of halogens is 4. The first-order valence-corrected chi connectivity index (χ1v) is 14.2. The number of phenolic OH excluding ortho intramolecular Hbond substituents is 1. The normalized spacial score (nSPS) is 12.6. The Morgan fingerprint density at radius 3 is 2.49 bits per heavy atom. The van der Waals surface area contributed by atoms with Crippen molar-refractivity contribution in [1.82, 2.24) is 15.3 Å². The summed E-state index contributed by atoms with van der Waals surface area (Å²) in [5.41, 5.74) is 0.159. The predicted octanol–water partition coefficient (Wildman–Crippen LogP) is 5.46. The van der Waals surface area contributed by atoms with E-state index >= 15 is 0 Å². The Hall–Kier alpha value is -4.39. The summed E-state index contributed by atoms with van der Waals surface area (Å²) in [6.07, 6.45) is -0.265. The van der Waals surface area contributed by atoms with Gasteiger partial charge in [-0.3, -0.25) is 9.52 Å². The van der Waals surface area contributed by atoms with Crippen LogP contribution in [0.3, 0.4) is 0 Å². The van der Waals surface area contributed by atoms with Crippen LogP contribution in [0, 0.1) is 5.82 Å². The summed E-state index contributed by atoms with van der Waals surface area (Å²) in [5, 5.41) is 12.7. The van der Waals surface area contributed by atoms with Crippen molar-refractivity contribution in [3.05, 3.63) is 101 Å². The monoisotopic (exact) mass is 590 g/mol. The second kappa shape index (κ2) is 12.0. The summed E-state index contributed by atoms with van der Waals surface area (Å²) in [6.45, 7) is -0.0117. The molecule has 1 unspecified atom stereocenters. The molecule has 0 radical (unpaired) electrons. The number of hydrogen-bond donors (Lipinski definition) is 4. The van der Waals surface area contributed by atoms with E-state index in [1.807, 2.05) is 0 Å². The molecule has 4 N–H and O–H groups in total. The largest absolute Gasteiger partial charge is 0.507 e. The Kier molecular flexibility index (Phi) is 8.66. The number of nitrogens with zero attached hydrogens (tertiary/aromatic N) is 1. The number of para-hydroxylation sites is 1. The Bertz CT molecular complexity index is 1640. The van der Waals surface area contributed by atoms with Crippen molar-refractivity contribution in [2.45, 2.75) is 24.9 Å². The highest BCUT2D eigenvalue weighted by molar-refractivity contribution is 7.92. The third-order valence-corrected chi connectivity index (χ3v) is 6.96. The molecule has 8 nitrogen and oxygen atoms in total. The summed E-state index contributed by atoms with van der Waals surface area (Å²) in [7, 11) is -3.74. The van der Waals surface area contributed by atoms with E-state index in [9.17, 15) is 35.9 Å². The van der Waals surface area contributed by atoms with Gasteiger partial charge in [0, 0.05) is 30.4 Å². The average molecular weight is 591 g/mol. The van der Waals surface area contributed by atoms with E-state index in [0.717, 1.165) is 24.5 Å². The van der Waals surface area contributed by atoms with Crippen LogP contribution in [0.2, 0.25) is 0 Å². The fourth-order valence-corrected chi connectivity index (χ4v) is 4.93. The number of phenols is 1. The van der Waals surface area contributed by atoms with Crippen LogP contribution in [0.1, 0.15) is 39.4 Å². The average Bonchev–Trinajstić information content (AvgIpc) is 3.44. The van der Waals surface area contributed by atoms with E-state index in [0.29, 0.717) is 11.1 Å². The van der Waals surface area contributed by atoms with Gasteiger partial charge in [-0.1, -0.05) is 24.3 Å². The van der Waals surface area contributed by atoms with E-state index in [-0.39, 0.29) is 47.8 Å². The molecule has 4 rings (SSSR count). The number of aromatic nitrogens is 2. The first-order valence-electron chi connectivity index (χ1n) is 12.3. The minimum atomic E-state index is -4.56. The molecule has 3 aromatic carbocycles. The van der Waals surface area contributed by atoms with Crippen molar-refractivity contribution in [2.24, 2.45) is 0 Å². The number of alkyl halides is 3. The number of aryl methyl sites for hydroxylation is 1. The zero-order chi connectivity index (χ0) is 29.8. The van der Waals surface area contributed by atoms with E-state index < -0.39 is 39.4 Å². The van der Waals surface area contributed by atoms with Crippen LogP contribution in [0.5, 0.6) is 5.75 Å². The smallest absolute Gasteiger partial charge is 0.416 e. The van der Waals surface area contributed by atoms with Crippen molar-refractivity contribution in [3.63, 3.8) is 0 Å². The fraction of sp³-hybridized carbons (Fsp3) is 0.214. The molecular formula is C28H26F4N4O4S. The standard InChI is InChI=1S/C28H26F4N4O4S/c1-41(39,40)36-24-11-9-18(14-23(24)29)19(16-35-27(38)21-4-2-3-5-25(21)37)7-6-17-8-10-20(28(30,31)32)15-22(17)26-33-12-13-34-26/h2-5,8-15,19,36-37H,6-7,16H2,1H3,(H,33,34)(H,35,38). The Labute approximate surface area is 233 Å². The Balaban J connectivity index is 1.63. The maximum atomic E-state index is 14.9. The number of nitrogens with one attached hydrogen (secondary N) is 3. The molecule has 0 aliphatic rings.